The Morgan fingerprint density at radius 1 is 0.923 bits per heavy atom. The third kappa shape index (κ3) is 7.56. The number of amides is 3. The molecular formula is C25H23F7N4O3. The number of nitrogens with one attached hydrogen (secondary N) is 2. The molecule has 0 atom stereocenters. The van der Waals surface area contributed by atoms with Gasteiger partial charge in [-0.15, -0.1) is 0 Å². The molecule has 0 saturated carbocycles. The van der Waals surface area contributed by atoms with E-state index in [-0.39, 0.29) is 38.5 Å². The van der Waals surface area contributed by atoms with Crippen molar-refractivity contribution in [2.45, 2.75) is 30.7 Å². The Hall–Kier alpha value is -3.94. The van der Waals surface area contributed by atoms with Crippen LogP contribution in [-0.2, 0) is 26.7 Å². The Morgan fingerprint density at radius 3 is 1.95 bits per heavy atom. The maximum Gasteiger partial charge on any atom is 0.416 e. The number of carbonyl (C=O) groups is 3. The van der Waals surface area contributed by atoms with E-state index in [2.05, 4.69) is 10.6 Å². The first kappa shape index (κ1) is 29.6. The van der Waals surface area contributed by atoms with Gasteiger partial charge in [-0.2, -0.15) is 26.3 Å². The number of nitrogens with zero attached hydrogens (tertiary/aromatic N) is 1. The van der Waals surface area contributed by atoms with Crippen molar-refractivity contribution in [2.75, 3.05) is 25.0 Å². The van der Waals surface area contributed by atoms with Crippen molar-refractivity contribution < 1.29 is 45.1 Å². The summed E-state index contributed by atoms with van der Waals surface area (Å²) in [6.45, 7) is -0.458. The smallest absolute Gasteiger partial charge is 0.341 e. The second kappa shape index (κ2) is 11.4. The van der Waals surface area contributed by atoms with Gasteiger partial charge in [-0.3, -0.25) is 14.4 Å². The molecule has 0 radical (unpaired) electrons. The number of benzene rings is 2. The molecule has 1 fully saturated rings. The number of anilines is 1. The van der Waals surface area contributed by atoms with Crippen LogP contribution >= 0.6 is 0 Å². The van der Waals surface area contributed by atoms with E-state index in [1.807, 2.05) is 0 Å². The van der Waals surface area contributed by atoms with Gasteiger partial charge in [0.1, 0.15) is 11.4 Å². The first-order chi connectivity index (χ1) is 18.1. The molecule has 0 spiro atoms. The van der Waals surface area contributed by atoms with Crippen LogP contribution < -0.4 is 16.4 Å². The van der Waals surface area contributed by atoms with E-state index in [0.29, 0.717) is 17.7 Å². The van der Waals surface area contributed by atoms with Gasteiger partial charge in [0.25, 0.3) is 0 Å². The summed E-state index contributed by atoms with van der Waals surface area (Å²) in [7, 11) is 0. The van der Waals surface area contributed by atoms with Crippen LogP contribution in [0.2, 0.25) is 0 Å². The normalized spacial score (nSPS) is 15.7. The fraction of sp³-hybridized carbons (Fsp3) is 0.320. The molecular weight excluding hydrogens is 537 g/mol. The molecule has 1 aliphatic rings. The zero-order valence-corrected chi connectivity index (χ0v) is 20.1. The fourth-order valence-electron chi connectivity index (χ4n) is 3.98. The van der Waals surface area contributed by atoms with Gasteiger partial charge in [0, 0.05) is 24.9 Å². The van der Waals surface area contributed by atoms with Gasteiger partial charge in [0.15, 0.2) is 0 Å². The SMILES string of the molecule is NCC(=O)N1CCC(NC(=O)/C=C/c2ccc(F)cc2)(C(=O)Nc2cc(C(F)(F)F)cc(C(F)(F)F)c2)CC1. The quantitative estimate of drug-likeness (QED) is 0.368. The van der Waals surface area contributed by atoms with E-state index >= 15 is 0 Å². The standard InChI is InChI=1S/C25H23F7N4O3/c26-18-4-1-15(2-5-18)3-6-20(37)35-23(7-9-36(10-8-23)21(38)14-33)22(39)34-19-12-16(24(27,28)29)11-17(13-19)25(30,31)32/h1-6,11-13H,7-10,14,33H2,(H,34,39)(H,35,37)/b6-3+. The fourth-order valence-corrected chi connectivity index (χ4v) is 3.98. The van der Waals surface area contributed by atoms with E-state index < -0.39 is 58.2 Å². The number of nitrogens with two attached hydrogens (primary N) is 1. The molecule has 2 aromatic rings. The van der Waals surface area contributed by atoms with Crippen molar-refractivity contribution in [3.05, 3.63) is 71.0 Å². The first-order valence-electron chi connectivity index (χ1n) is 11.5. The van der Waals surface area contributed by atoms with Crippen LogP contribution in [0.25, 0.3) is 6.08 Å². The van der Waals surface area contributed by atoms with Crippen molar-refractivity contribution >= 4 is 29.5 Å². The van der Waals surface area contributed by atoms with E-state index in [4.69, 9.17) is 5.73 Å². The van der Waals surface area contributed by atoms with Crippen LogP contribution in [0.4, 0.5) is 36.4 Å². The Bertz CT molecular complexity index is 1220. The summed E-state index contributed by atoms with van der Waals surface area (Å²) in [6.07, 6.45) is -8.32. The number of piperidine rings is 1. The van der Waals surface area contributed by atoms with Crippen molar-refractivity contribution in [3.8, 4) is 0 Å². The largest absolute Gasteiger partial charge is 0.416 e. The molecule has 0 aliphatic carbocycles. The second-order valence-electron chi connectivity index (χ2n) is 8.79. The Balaban J connectivity index is 1.90. The summed E-state index contributed by atoms with van der Waals surface area (Å²) >= 11 is 0. The summed E-state index contributed by atoms with van der Waals surface area (Å²) in [5, 5.41) is 4.55. The number of rotatable bonds is 6. The Morgan fingerprint density at radius 2 is 1.46 bits per heavy atom. The molecule has 39 heavy (non-hydrogen) atoms. The van der Waals surface area contributed by atoms with Crippen LogP contribution in [0, 0.1) is 5.82 Å². The maximum atomic E-state index is 13.3. The van der Waals surface area contributed by atoms with Crippen molar-refractivity contribution in [2.24, 2.45) is 5.73 Å². The van der Waals surface area contributed by atoms with Crippen LogP contribution in [0.15, 0.2) is 48.5 Å². The summed E-state index contributed by atoms with van der Waals surface area (Å²) in [4.78, 5) is 39.3. The average Bonchev–Trinajstić information content (AvgIpc) is 2.87. The van der Waals surface area contributed by atoms with E-state index in [1.165, 1.54) is 23.1 Å². The molecule has 14 heteroatoms. The van der Waals surface area contributed by atoms with Crippen molar-refractivity contribution in [3.63, 3.8) is 0 Å². The summed E-state index contributed by atoms with van der Waals surface area (Å²) < 4.78 is 92.7. The average molecular weight is 560 g/mol. The molecule has 0 bridgehead atoms. The van der Waals surface area contributed by atoms with Gasteiger partial charge >= 0.3 is 12.4 Å². The molecule has 1 aliphatic heterocycles. The highest BCUT2D eigenvalue weighted by atomic mass is 19.4. The highest BCUT2D eigenvalue weighted by molar-refractivity contribution is 6.03. The first-order valence-corrected chi connectivity index (χ1v) is 11.5. The topological polar surface area (TPSA) is 105 Å². The molecule has 210 valence electrons. The minimum absolute atomic E-state index is 0.0677. The summed E-state index contributed by atoms with van der Waals surface area (Å²) in [5.41, 5.74) is -0.0249. The lowest BCUT2D eigenvalue weighted by Crippen LogP contribution is -2.62. The lowest BCUT2D eigenvalue weighted by molar-refractivity contribution is -0.143. The van der Waals surface area contributed by atoms with Crippen molar-refractivity contribution in [1.29, 1.82) is 0 Å². The molecule has 1 heterocycles. The third-order valence-electron chi connectivity index (χ3n) is 6.08. The highest BCUT2D eigenvalue weighted by Gasteiger charge is 2.44. The molecule has 7 nitrogen and oxygen atoms in total. The van der Waals surface area contributed by atoms with Gasteiger partial charge in [0.05, 0.1) is 17.7 Å². The van der Waals surface area contributed by atoms with Gasteiger partial charge in [-0.25, -0.2) is 4.39 Å². The molecule has 0 aromatic heterocycles. The monoisotopic (exact) mass is 560 g/mol. The molecule has 3 rings (SSSR count). The van der Waals surface area contributed by atoms with E-state index in [0.717, 1.165) is 18.2 Å². The second-order valence-corrected chi connectivity index (χ2v) is 8.79. The Labute approximate surface area is 217 Å². The Kier molecular flexibility index (Phi) is 8.68. The van der Waals surface area contributed by atoms with Crippen LogP contribution in [-0.4, -0.2) is 47.8 Å². The number of carbonyl (C=O) groups excluding carboxylic acids is 3. The van der Waals surface area contributed by atoms with E-state index in [9.17, 15) is 45.1 Å². The minimum atomic E-state index is -5.13. The lowest BCUT2D eigenvalue weighted by atomic mass is 9.85. The van der Waals surface area contributed by atoms with Gasteiger partial charge in [-0.05, 0) is 54.8 Å². The maximum absolute atomic E-state index is 13.3. The number of alkyl halides is 6. The number of hydrogen-bond acceptors (Lipinski definition) is 4. The number of likely N-dealkylation sites (tertiary alicyclic amines) is 1. The highest BCUT2D eigenvalue weighted by Crippen LogP contribution is 2.38. The van der Waals surface area contributed by atoms with Crippen LogP contribution in [0.3, 0.4) is 0 Å². The predicted octanol–water partition coefficient (Wildman–Crippen LogP) is 3.95. The molecule has 4 N–H and O–H groups in total. The number of hydrogen-bond donors (Lipinski definition) is 3. The molecule has 1 saturated heterocycles. The minimum Gasteiger partial charge on any atom is -0.341 e. The molecule has 0 unspecified atom stereocenters. The van der Waals surface area contributed by atoms with Crippen molar-refractivity contribution in [1.82, 2.24) is 10.2 Å². The zero-order valence-electron chi connectivity index (χ0n) is 20.1. The van der Waals surface area contributed by atoms with Gasteiger partial charge < -0.3 is 21.3 Å². The molecule has 2 aromatic carbocycles. The zero-order chi connectivity index (χ0) is 29.0. The van der Waals surface area contributed by atoms with Crippen LogP contribution in [0.5, 0.6) is 0 Å². The van der Waals surface area contributed by atoms with E-state index in [1.54, 1.807) is 0 Å². The molecule has 3 amide bonds. The summed E-state index contributed by atoms with van der Waals surface area (Å²) in [6, 6.07) is 5.69. The van der Waals surface area contributed by atoms with Crippen LogP contribution in [0.1, 0.15) is 29.5 Å². The predicted molar refractivity (Wildman–Crippen MR) is 126 cm³/mol. The summed E-state index contributed by atoms with van der Waals surface area (Å²) in [5.74, 6) is -2.83. The number of halogens is 7. The lowest BCUT2D eigenvalue weighted by Gasteiger charge is -2.40. The third-order valence-corrected chi connectivity index (χ3v) is 6.08. The van der Waals surface area contributed by atoms with Gasteiger partial charge in [0.2, 0.25) is 17.7 Å². The van der Waals surface area contributed by atoms with Gasteiger partial charge in [-0.1, -0.05) is 12.1 Å².